The number of ether oxygens (including phenoxy) is 2. The maximum absolute atomic E-state index is 11.7. The SMILES string of the molecule is COC(=O)C(COc1ccccc1O)CC(C)(C)C. The van der Waals surface area contributed by atoms with E-state index in [1.807, 2.05) is 0 Å². The summed E-state index contributed by atoms with van der Waals surface area (Å²) in [6.07, 6.45) is 0.660. The average Bonchev–Trinajstić information content (AvgIpc) is 2.34. The molecule has 1 N–H and O–H groups in total. The molecule has 0 radical (unpaired) electrons. The molecule has 0 aliphatic heterocycles. The minimum atomic E-state index is -0.343. The van der Waals surface area contributed by atoms with Crippen molar-refractivity contribution in [2.45, 2.75) is 27.2 Å². The van der Waals surface area contributed by atoms with Crippen molar-refractivity contribution in [2.24, 2.45) is 11.3 Å². The van der Waals surface area contributed by atoms with Gasteiger partial charge in [0.1, 0.15) is 6.61 Å². The van der Waals surface area contributed by atoms with E-state index >= 15 is 0 Å². The number of hydrogen-bond donors (Lipinski definition) is 1. The first-order valence-electron chi connectivity index (χ1n) is 6.32. The molecular weight excluding hydrogens is 244 g/mol. The number of methoxy groups -OCH3 is 1. The van der Waals surface area contributed by atoms with Crippen LogP contribution in [0.2, 0.25) is 0 Å². The summed E-state index contributed by atoms with van der Waals surface area (Å²) >= 11 is 0. The number of hydrogen-bond acceptors (Lipinski definition) is 4. The van der Waals surface area contributed by atoms with Crippen LogP contribution < -0.4 is 4.74 Å². The third-order valence-corrected chi connectivity index (χ3v) is 2.70. The Morgan fingerprint density at radius 2 is 1.95 bits per heavy atom. The van der Waals surface area contributed by atoms with Gasteiger partial charge in [-0.15, -0.1) is 0 Å². The van der Waals surface area contributed by atoms with Crippen molar-refractivity contribution in [3.05, 3.63) is 24.3 Å². The topological polar surface area (TPSA) is 55.8 Å². The molecule has 1 unspecified atom stereocenters. The minimum absolute atomic E-state index is 0.000942. The number of benzene rings is 1. The molecule has 0 saturated heterocycles. The smallest absolute Gasteiger partial charge is 0.312 e. The highest BCUT2D eigenvalue weighted by Gasteiger charge is 2.26. The molecule has 1 aromatic rings. The number of phenols is 1. The number of phenolic OH excluding ortho intramolecular Hbond substituents is 1. The van der Waals surface area contributed by atoms with Crippen LogP contribution in [0, 0.1) is 11.3 Å². The zero-order valence-corrected chi connectivity index (χ0v) is 12.0. The summed E-state index contributed by atoms with van der Waals surface area (Å²) in [4.78, 5) is 11.7. The monoisotopic (exact) mass is 266 g/mol. The van der Waals surface area contributed by atoms with E-state index in [0.717, 1.165) is 0 Å². The van der Waals surface area contributed by atoms with E-state index in [2.05, 4.69) is 20.8 Å². The molecular formula is C15H22O4. The van der Waals surface area contributed by atoms with E-state index in [1.54, 1.807) is 24.3 Å². The number of rotatable bonds is 5. The van der Waals surface area contributed by atoms with Crippen molar-refractivity contribution in [1.82, 2.24) is 0 Å². The lowest BCUT2D eigenvalue weighted by Crippen LogP contribution is -2.27. The lowest BCUT2D eigenvalue weighted by molar-refractivity contribution is -0.147. The number of esters is 1. The van der Waals surface area contributed by atoms with Gasteiger partial charge in [-0.25, -0.2) is 0 Å². The normalized spacial score (nSPS) is 12.8. The highest BCUT2D eigenvalue weighted by atomic mass is 16.5. The van der Waals surface area contributed by atoms with Crippen LogP contribution in [-0.2, 0) is 9.53 Å². The van der Waals surface area contributed by atoms with Gasteiger partial charge in [0.05, 0.1) is 13.0 Å². The average molecular weight is 266 g/mol. The Morgan fingerprint density at radius 3 is 2.47 bits per heavy atom. The molecule has 0 fully saturated rings. The Morgan fingerprint density at radius 1 is 1.32 bits per heavy atom. The third kappa shape index (κ3) is 5.20. The van der Waals surface area contributed by atoms with Crippen molar-refractivity contribution in [3.8, 4) is 11.5 Å². The van der Waals surface area contributed by atoms with E-state index in [0.29, 0.717) is 12.2 Å². The van der Waals surface area contributed by atoms with E-state index < -0.39 is 0 Å². The highest BCUT2D eigenvalue weighted by Crippen LogP contribution is 2.28. The standard InChI is InChI=1S/C15H22O4/c1-15(2,3)9-11(14(17)18-4)10-19-13-8-6-5-7-12(13)16/h5-8,11,16H,9-10H2,1-4H3. The van der Waals surface area contributed by atoms with Gasteiger partial charge >= 0.3 is 5.97 Å². The molecule has 1 aromatic carbocycles. The predicted octanol–water partition coefficient (Wildman–Crippen LogP) is 3.00. The summed E-state index contributed by atoms with van der Waals surface area (Å²) in [6, 6.07) is 6.70. The minimum Gasteiger partial charge on any atom is -0.504 e. The summed E-state index contributed by atoms with van der Waals surface area (Å²) in [5.74, 6) is -0.179. The number of aromatic hydroxyl groups is 1. The second kappa shape index (κ2) is 6.45. The molecule has 19 heavy (non-hydrogen) atoms. The lowest BCUT2D eigenvalue weighted by atomic mass is 9.85. The first-order valence-corrected chi connectivity index (χ1v) is 6.32. The summed E-state index contributed by atoms with van der Waals surface area (Å²) in [5, 5.41) is 9.61. The van der Waals surface area contributed by atoms with Crippen LogP contribution in [0.4, 0.5) is 0 Å². The van der Waals surface area contributed by atoms with Gasteiger partial charge in [0.25, 0.3) is 0 Å². The first kappa shape index (κ1) is 15.3. The van der Waals surface area contributed by atoms with Crippen LogP contribution in [0.15, 0.2) is 24.3 Å². The zero-order chi connectivity index (χ0) is 14.5. The Hall–Kier alpha value is -1.71. The second-order valence-corrected chi connectivity index (χ2v) is 5.76. The van der Waals surface area contributed by atoms with E-state index in [1.165, 1.54) is 7.11 Å². The van der Waals surface area contributed by atoms with Crippen LogP contribution in [0.5, 0.6) is 11.5 Å². The number of carbonyl (C=O) groups is 1. The van der Waals surface area contributed by atoms with E-state index in [9.17, 15) is 9.90 Å². The molecule has 1 rings (SSSR count). The van der Waals surface area contributed by atoms with Gasteiger partial charge in [-0.1, -0.05) is 32.9 Å². The number of carbonyl (C=O) groups excluding carboxylic acids is 1. The fraction of sp³-hybridized carbons (Fsp3) is 0.533. The quantitative estimate of drug-likeness (QED) is 0.832. The molecule has 0 aliphatic carbocycles. The van der Waals surface area contributed by atoms with Gasteiger partial charge in [0.15, 0.2) is 11.5 Å². The fourth-order valence-electron chi connectivity index (χ4n) is 1.89. The number of para-hydroxylation sites is 2. The zero-order valence-electron chi connectivity index (χ0n) is 12.0. The maximum atomic E-state index is 11.7. The molecule has 106 valence electrons. The Bertz CT molecular complexity index is 420. The van der Waals surface area contributed by atoms with Gasteiger partial charge in [-0.05, 0) is 24.0 Å². The van der Waals surface area contributed by atoms with Crippen molar-refractivity contribution in [3.63, 3.8) is 0 Å². The van der Waals surface area contributed by atoms with Crippen LogP contribution in [0.1, 0.15) is 27.2 Å². The largest absolute Gasteiger partial charge is 0.504 e. The van der Waals surface area contributed by atoms with Crippen molar-refractivity contribution in [1.29, 1.82) is 0 Å². The molecule has 4 heteroatoms. The highest BCUT2D eigenvalue weighted by molar-refractivity contribution is 5.72. The molecule has 0 aromatic heterocycles. The molecule has 0 bridgehead atoms. The summed E-state index contributed by atoms with van der Waals surface area (Å²) in [5.41, 5.74) is 0.000942. The predicted molar refractivity (Wildman–Crippen MR) is 73.2 cm³/mol. The second-order valence-electron chi connectivity index (χ2n) is 5.76. The molecule has 0 spiro atoms. The van der Waals surface area contributed by atoms with Crippen molar-refractivity contribution in [2.75, 3.05) is 13.7 Å². The van der Waals surface area contributed by atoms with Gasteiger partial charge in [-0.3, -0.25) is 4.79 Å². The maximum Gasteiger partial charge on any atom is 0.312 e. The van der Waals surface area contributed by atoms with Crippen LogP contribution in [0.25, 0.3) is 0 Å². The van der Waals surface area contributed by atoms with Gasteiger partial charge in [0, 0.05) is 0 Å². The van der Waals surface area contributed by atoms with Gasteiger partial charge < -0.3 is 14.6 Å². The van der Waals surface area contributed by atoms with Crippen molar-refractivity contribution < 1.29 is 19.4 Å². The van der Waals surface area contributed by atoms with Crippen LogP contribution in [0.3, 0.4) is 0 Å². The third-order valence-electron chi connectivity index (χ3n) is 2.70. The molecule has 0 amide bonds. The Labute approximate surface area is 114 Å². The fourth-order valence-corrected chi connectivity index (χ4v) is 1.89. The Kier molecular flexibility index (Phi) is 5.21. The van der Waals surface area contributed by atoms with Crippen LogP contribution >= 0.6 is 0 Å². The van der Waals surface area contributed by atoms with Gasteiger partial charge in [-0.2, -0.15) is 0 Å². The lowest BCUT2D eigenvalue weighted by Gasteiger charge is -2.24. The molecule has 4 nitrogen and oxygen atoms in total. The summed E-state index contributed by atoms with van der Waals surface area (Å²) in [7, 11) is 1.37. The first-order chi connectivity index (χ1) is 8.83. The molecule has 0 heterocycles. The summed E-state index contributed by atoms with van der Waals surface area (Å²) < 4.78 is 10.3. The van der Waals surface area contributed by atoms with Crippen LogP contribution in [-0.4, -0.2) is 24.8 Å². The molecule has 0 saturated carbocycles. The van der Waals surface area contributed by atoms with Crippen molar-refractivity contribution >= 4 is 5.97 Å². The van der Waals surface area contributed by atoms with E-state index in [4.69, 9.17) is 9.47 Å². The van der Waals surface area contributed by atoms with Gasteiger partial charge in [0.2, 0.25) is 0 Å². The summed E-state index contributed by atoms with van der Waals surface area (Å²) in [6.45, 7) is 6.37. The Balaban J connectivity index is 2.68. The van der Waals surface area contributed by atoms with E-state index in [-0.39, 0.29) is 29.7 Å². The molecule has 1 atom stereocenters. The molecule has 0 aliphatic rings.